The van der Waals surface area contributed by atoms with Crippen molar-refractivity contribution in [2.24, 2.45) is 0 Å². The number of rotatable bonds is 5. The second kappa shape index (κ2) is 9.38. The van der Waals surface area contributed by atoms with Gasteiger partial charge in [-0.2, -0.15) is 4.58 Å². The summed E-state index contributed by atoms with van der Waals surface area (Å²) in [5, 5.41) is 0. The number of aryl methyl sites for hydroxylation is 1. The molecule has 1 aliphatic heterocycles. The third-order valence-electron chi connectivity index (χ3n) is 6.02. The summed E-state index contributed by atoms with van der Waals surface area (Å²) < 4.78 is 29.9. The Balaban J connectivity index is 1.46. The molecule has 1 aromatic carbocycles. The van der Waals surface area contributed by atoms with Crippen molar-refractivity contribution >= 4 is 29.3 Å². The summed E-state index contributed by atoms with van der Waals surface area (Å²) in [4.78, 5) is 39.3. The van der Waals surface area contributed by atoms with Gasteiger partial charge in [-0.25, -0.2) is 23.5 Å². The third kappa shape index (κ3) is 4.58. The summed E-state index contributed by atoms with van der Waals surface area (Å²) in [6.45, 7) is 9.91. The number of halogens is 2. The van der Waals surface area contributed by atoms with E-state index in [-0.39, 0.29) is 22.6 Å². The molecule has 2 aromatic heterocycles. The van der Waals surface area contributed by atoms with E-state index in [1.54, 1.807) is 25.2 Å². The molecule has 0 aliphatic carbocycles. The Bertz CT molecular complexity index is 1330. The summed E-state index contributed by atoms with van der Waals surface area (Å²) in [5.41, 5.74) is 1.76. The molecule has 3 heterocycles. The molecule has 3 aromatic rings. The summed E-state index contributed by atoms with van der Waals surface area (Å²) in [6.07, 6.45) is -1.53. The lowest BCUT2D eigenvalue weighted by molar-refractivity contribution is -0.384. The molecule has 0 spiro atoms. The summed E-state index contributed by atoms with van der Waals surface area (Å²) in [5.74, 6) is -0.790. The number of carbonyl (C=O) groups is 1. The zero-order valence-electron chi connectivity index (χ0n) is 19.4. The highest BCUT2D eigenvalue weighted by molar-refractivity contribution is 5.86. The van der Waals surface area contributed by atoms with Crippen LogP contribution in [0.3, 0.4) is 0 Å². The van der Waals surface area contributed by atoms with Crippen molar-refractivity contribution in [2.45, 2.75) is 26.6 Å². The number of aromatic nitrogens is 3. The maximum atomic E-state index is 15.1. The number of hydrogen-bond acceptors (Lipinski definition) is 6. The number of anilines is 1. The fraction of sp³-hybridized carbons (Fsp3) is 0.375. The Kier molecular flexibility index (Phi) is 6.52. The minimum atomic E-state index is -1.53. The fourth-order valence-corrected chi connectivity index (χ4v) is 4.16. The molecule has 1 aliphatic rings. The first-order chi connectivity index (χ1) is 16.2. The van der Waals surface area contributed by atoms with Gasteiger partial charge in [0, 0.05) is 38.3 Å². The monoisotopic (exact) mass is 469 g/mol. The van der Waals surface area contributed by atoms with Gasteiger partial charge in [0.25, 0.3) is 5.56 Å². The molecule has 178 valence electrons. The molecule has 1 fully saturated rings. The number of amides is 1. The highest BCUT2D eigenvalue weighted by Gasteiger charge is 2.23. The van der Waals surface area contributed by atoms with Gasteiger partial charge in [-0.15, -0.1) is 0 Å². The van der Waals surface area contributed by atoms with Crippen molar-refractivity contribution in [3.05, 3.63) is 63.1 Å². The van der Waals surface area contributed by atoms with Crippen LogP contribution in [0, 0.1) is 12.7 Å². The molecular weight excluding hydrogens is 442 g/mol. The Morgan fingerprint density at radius 3 is 2.53 bits per heavy atom. The first-order valence-electron chi connectivity index (χ1n) is 11.0. The summed E-state index contributed by atoms with van der Waals surface area (Å²) >= 11 is 0. The number of benzene rings is 1. The van der Waals surface area contributed by atoms with E-state index < -0.39 is 17.5 Å². The van der Waals surface area contributed by atoms with E-state index in [2.05, 4.69) is 31.5 Å². The number of aromatic amines is 1. The van der Waals surface area contributed by atoms with Crippen LogP contribution in [0.25, 0.3) is 11.0 Å². The van der Waals surface area contributed by atoms with E-state index in [1.807, 2.05) is 13.0 Å². The number of carbonyl (C=O) groups excluding carboxylic acids is 1. The molecule has 0 unspecified atom stereocenters. The Hall–Kier alpha value is -3.53. The zero-order valence-corrected chi connectivity index (χ0v) is 19.4. The molecule has 0 saturated carbocycles. The van der Waals surface area contributed by atoms with Gasteiger partial charge in [-0.05, 0) is 32.0 Å². The highest BCUT2D eigenvalue weighted by Crippen LogP contribution is 2.23. The van der Waals surface area contributed by atoms with Crippen LogP contribution in [0.1, 0.15) is 40.5 Å². The van der Waals surface area contributed by atoms with Crippen molar-refractivity contribution in [2.75, 3.05) is 38.1 Å². The van der Waals surface area contributed by atoms with Crippen molar-refractivity contribution in [1.29, 1.82) is 0 Å². The number of piperazine rings is 1. The van der Waals surface area contributed by atoms with Gasteiger partial charge in [0.05, 0.1) is 16.9 Å². The number of fused-ring (bicyclic) bond motifs is 1. The van der Waals surface area contributed by atoms with E-state index in [4.69, 9.17) is 0 Å². The Morgan fingerprint density at radius 2 is 1.91 bits per heavy atom. The smallest absolute Gasteiger partial charge is 0.368 e. The van der Waals surface area contributed by atoms with Crippen LogP contribution in [-0.4, -0.2) is 70.3 Å². The highest BCUT2D eigenvalue weighted by atomic mass is 19.1. The number of nitrogens with zero attached hydrogens (tertiary/aromatic N) is 5. The first-order valence-corrected chi connectivity index (χ1v) is 11.0. The second-order valence-electron chi connectivity index (χ2n) is 8.57. The van der Waals surface area contributed by atoms with Crippen LogP contribution in [-0.2, 0) is 6.54 Å². The molecule has 0 radical (unpaired) electrons. The molecule has 10 heteroatoms. The normalized spacial score (nSPS) is 15.5. The van der Waals surface area contributed by atoms with Gasteiger partial charge in [0.1, 0.15) is 31.1 Å². The molecular formula is C24H27F2N6O2+. The molecule has 1 atom stereocenters. The van der Waals surface area contributed by atoms with Gasteiger partial charge in [-0.3, -0.25) is 9.69 Å². The van der Waals surface area contributed by atoms with E-state index in [1.165, 1.54) is 11.5 Å². The molecule has 0 bridgehead atoms. The van der Waals surface area contributed by atoms with Gasteiger partial charge in [0.2, 0.25) is 0 Å². The lowest BCUT2D eigenvalue weighted by Crippen LogP contribution is -2.46. The zero-order chi connectivity index (χ0) is 24.6. The van der Waals surface area contributed by atoms with Crippen molar-refractivity contribution < 1.29 is 18.2 Å². The largest absolute Gasteiger partial charge is 0.437 e. The maximum absolute atomic E-state index is 15.1. The lowest BCUT2D eigenvalue weighted by Gasteiger charge is -2.36. The van der Waals surface area contributed by atoms with Crippen LogP contribution in [0.4, 0.5) is 14.5 Å². The van der Waals surface area contributed by atoms with E-state index in [0.717, 1.165) is 24.5 Å². The first kappa shape index (κ1) is 23.6. The molecule has 4 rings (SSSR count). The average Bonchev–Trinajstić information content (AvgIpc) is 2.80. The topological polar surface area (TPSA) is 85.2 Å². The van der Waals surface area contributed by atoms with Gasteiger partial charge in [0.15, 0.2) is 11.5 Å². The number of alkyl halides is 1. The molecule has 8 nitrogen and oxygen atoms in total. The van der Waals surface area contributed by atoms with E-state index in [9.17, 15) is 14.0 Å². The predicted molar refractivity (Wildman–Crippen MR) is 126 cm³/mol. The predicted octanol–water partition coefficient (Wildman–Crippen LogP) is 2.60. The quantitative estimate of drug-likeness (QED) is 0.457. The number of hydrogen-bond donors (Lipinski definition) is 1. The standard InChI is InChI=1S/C24H26F2N6O2/c1-14(25)21-23(33)29-22-17(28-21)6-5-16(20(22)26)13-31-9-11-32(12-10-31)19-8-7-18(27-15(19)2)24(34)30(3)4/h5-8,14H,3,9-13H2,1-2,4H3/p+1/t14-/m0/s1. The van der Waals surface area contributed by atoms with Gasteiger partial charge in [-0.1, -0.05) is 6.07 Å². The molecule has 1 saturated heterocycles. The molecule has 1 N–H and O–H groups in total. The minimum Gasteiger partial charge on any atom is -0.368 e. The van der Waals surface area contributed by atoms with Gasteiger partial charge >= 0.3 is 5.91 Å². The number of H-pyrrole nitrogens is 1. The van der Waals surface area contributed by atoms with Gasteiger partial charge < -0.3 is 9.88 Å². The lowest BCUT2D eigenvalue weighted by atomic mass is 10.1. The summed E-state index contributed by atoms with van der Waals surface area (Å²) in [6, 6.07) is 6.83. The number of pyridine rings is 1. The summed E-state index contributed by atoms with van der Waals surface area (Å²) in [7, 11) is 1.58. The van der Waals surface area contributed by atoms with Crippen molar-refractivity contribution in [3.8, 4) is 0 Å². The third-order valence-corrected chi connectivity index (χ3v) is 6.02. The fourth-order valence-electron chi connectivity index (χ4n) is 4.16. The van der Waals surface area contributed by atoms with Crippen LogP contribution in [0.15, 0.2) is 29.1 Å². The second-order valence-corrected chi connectivity index (χ2v) is 8.57. The average molecular weight is 470 g/mol. The van der Waals surface area contributed by atoms with Crippen molar-refractivity contribution in [3.63, 3.8) is 0 Å². The van der Waals surface area contributed by atoms with Crippen LogP contribution in [0.5, 0.6) is 0 Å². The maximum Gasteiger partial charge on any atom is 0.437 e. The van der Waals surface area contributed by atoms with Crippen LogP contribution < -0.4 is 10.5 Å². The molecule has 1 amide bonds. The Labute approximate surface area is 195 Å². The van der Waals surface area contributed by atoms with Crippen LogP contribution in [0.2, 0.25) is 0 Å². The SMILES string of the molecule is C=[N+](C)C(=O)c1ccc(N2CCN(Cc3ccc4nc([C@H](C)F)c(=O)[nH]c4c3F)CC2)c(C)n1. The minimum absolute atomic E-state index is 0.00482. The Morgan fingerprint density at radius 1 is 1.21 bits per heavy atom. The van der Waals surface area contributed by atoms with Crippen molar-refractivity contribution in [1.82, 2.24) is 19.9 Å². The number of nitrogens with one attached hydrogen (secondary N) is 1. The molecule has 34 heavy (non-hydrogen) atoms. The van der Waals surface area contributed by atoms with E-state index in [0.29, 0.717) is 30.9 Å². The van der Waals surface area contributed by atoms with E-state index >= 15 is 4.39 Å². The van der Waals surface area contributed by atoms with Crippen LogP contribution >= 0.6 is 0 Å².